The van der Waals surface area contributed by atoms with E-state index < -0.39 is 21.9 Å². The fraction of sp³-hybridized carbons (Fsp3) is 0.222. The maximum Gasteiger partial charge on any atom is 0.240 e. The van der Waals surface area contributed by atoms with Crippen LogP contribution in [0.1, 0.15) is 30.5 Å². The Hall–Kier alpha value is -2.74. The lowest BCUT2D eigenvalue weighted by molar-refractivity contribution is -0.130. The summed E-state index contributed by atoms with van der Waals surface area (Å²) in [4.78, 5) is 12.0. The molecule has 3 rings (SSSR count). The van der Waals surface area contributed by atoms with E-state index in [1.165, 1.54) is 18.0 Å². The SMILES string of the molecule is CC(=O)N1N=C(c2ccccc2NS(C)(=O)=O)C[C@@H]1c1ccccc1F. The number of sulfonamides is 1. The molecule has 1 aliphatic heterocycles. The van der Waals surface area contributed by atoms with E-state index in [4.69, 9.17) is 0 Å². The molecule has 1 amide bonds. The second kappa shape index (κ2) is 6.87. The van der Waals surface area contributed by atoms with Gasteiger partial charge in [0.1, 0.15) is 5.82 Å². The summed E-state index contributed by atoms with van der Waals surface area (Å²) >= 11 is 0. The van der Waals surface area contributed by atoms with Gasteiger partial charge in [0.05, 0.1) is 23.7 Å². The van der Waals surface area contributed by atoms with Crippen LogP contribution < -0.4 is 4.72 Å². The van der Waals surface area contributed by atoms with Gasteiger partial charge in [-0.3, -0.25) is 9.52 Å². The summed E-state index contributed by atoms with van der Waals surface area (Å²) in [6.07, 6.45) is 1.34. The molecule has 1 N–H and O–H groups in total. The molecule has 136 valence electrons. The standard InChI is InChI=1S/C18H18FN3O3S/c1-12(23)22-18(13-7-3-5-9-15(13)19)11-17(20-22)14-8-4-6-10-16(14)21-26(2,24)25/h3-10,18,21H,11H2,1-2H3/t18-/m1/s1. The number of hydrazone groups is 1. The van der Waals surface area contributed by atoms with Gasteiger partial charge in [-0.25, -0.2) is 17.8 Å². The Labute approximate surface area is 151 Å². The Bertz CT molecular complexity index is 989. The van der Waals surface area contributed by atoms with Crippen molar-refractivity contribution in [2.24, 2.45) is 5.10 Å². The number of halogens is 1. The van der Waals surface area contributed by atoms with Crippen molar-refractivity contribution in [1.29, 1.82) is 0 Å². The van der Waals surface area contributed by atoms with Crippen LogP contribution >= 0.6 is 0 Å². The second-order valence-corrected chi connectivity index (χ2v) is 7.82. The summed E-state index contributed by atoms with van der Waals surface area (Å²) in [7, 11) is -3.48. The molecular weight excluding hydrogens is 357 g/mol. The van der Waals surface area contributed by atoms with E-state index in [-0.39, 0.29) is 12.3 Å². The number of nitrogens with one attached hydrogen (secondary N) is 1. The predicted molar refractivity (Wildman–Crippen MR) is 97.7 cm³/mol. The van der Waals surface area contributed by atoms with Crippen molar-refractivity contribution in [3.63, 3.8) is 0 Å². The first-order valence-electron chi connectivity index (χ1n) is 7.95. The van der Waals surface area contributed by atoms with E-state index in [9.17, 15) is 17.6 Å². The third-order valence-electron chi connectivity index (χ3n) is 4.03. The van der Waals surface area contributed by atoms with Crippen LogP contribution in [0.4, 0.5) is 10.1 Å². The maximum absolute atomic E-state index is 14.2. The number of carbonyl (C=O) groups excluding carboxylic acids is 1. The minimum atomic E-state index is -3.48. The molecular formula is C18H18FN3O3S. The Kier molecular flexibility index (Phi) is 4.78. The van der Waals surface area contributed by atoms with Crippen molar-refractivity contribution in [1.82, 2.24) is 5.01 Å². The van der Waals surface area contributed by atoms with E-state index in [1.807, 2.05) is 0 Å². The Morgan fingerprint density at radius 1 is 1.19 bits per heavy atom. The van der Waals surface area contributed by atoms with Gasteiger partial charge in [0.15, 0.2) is 0 Å². The highest BCUT2D eigenvalue weighted by molar-refractivity contribution is 7.92. The van der Waals surface area contributed by atoms with Crippen molar-refractivity contribution in [3.05, 3.63) is 65.5 Å². The number of nitrogens with zero attached hydrogens (tertiary/aromatic N) is 2. The van der Waals surface area contributed by atoms with E-state index >= 15 is 0 Å². The summed E-state index contributed by atoms with van der Waals surface area (Å²) in [6, 6.07) is 12.5. The molecule has 0 bridgehead atoms. The van der Waals surface area contributed by atoms with Crippen LogP contribution in [0.2, 0.25) is 0 Å². The molecule has 8 heteroatoms. The number of benzene rings is 2. The molecule has 6 nitrogen and oxygen atoms in total. The van der Waals surface area contributed by atoms with Crippen LogP contribution in [0.25, 0.3) is 0 Å². The number of para-hydroxylation sites is 1. The van der Waals surface area contributed by atoms with Crippen molar-refractivity contribution in [2.75, 3.05) is 11.0 Å². The van der Waals surface area contributed by atoms with Crippen LogP contribution in [-0.4, -0.2) is 31.3 Å². The normalized spacial score (nSPS) is 17.1. The Morgan fingerprint density at radius 2 is 1.85 bits per heavy atom. The number of hydrogen-bond acceptors (Lipinski definition) is 4. The molecule has 1 heterocycles. The first kappa shape index (κ1) is 18.1. The van der Waals surface area contributed by atoms with Gasteiger partial charge in [-0.05, 0) is 12.1 Å². The number of carbonyl (C=O) groups is 1. The van der Waals surface area contributed by atoms with Gasteiger partial charge in [0.25, 0.3) is 0 Å². The number of rotatable bonds is 4. The van der Waals surface area contributed by atoms with E-state index in [1.54, 1.807) is 42.5 Å². The van der Waals surface area contributed by atoms with Crippen LogP contribution in [-0.2, 0) is 14.8 Å². The Morgan fingerprint density at radius 3 is 2.50 bits per heavy atom. The average molecular weight is 375 g/mol. The minimum Gasteiger partial charge on any atom is -0.283 e. The van der Waals surface area contributed by atoms with Gasteiger partial charge in [0.2, 0.25) is 15.9 Å². The van der Waals surface area contributed by atoms with E-state index in [0.29, 0.717) is 22.5 Å². The summed E-state index contributed by atoms with van der Waals surface area (Å²) in [5.41, 5.74) is 1.81. The number of hydrogen-bond donors (Lipinski definition) is 1. The van der Waals surface area contributed by atoms with E-state index in [2.05, 4.69) is 9.82 Å². The minimum absolute atomic E-state index is 0.281. The van der Waals surface area contributed by atoms with Gasteiger partial charge >= 0.3 is 0 Å². The zero-order valence-electron chi connectivity index (χ0n) is 14.3. The van der Waals surface area contributed by atoms with Crippen molar-refractivity contribution in [3.8, 4) is 0 Å². The average Bonchev–Trinajstić information content (AvgIpc) is 2.99. The van der Waals surface area contributed by atoms with Gasteiger partial charge in [-0.2, -0.15) is 5.10 Å². The molecule has 1 atom stereocenters. The van der Waals surface area contributed by atoms with E-state index in [0.717, 1.165) is 6.26 Å². The van der Waals surface area contributed by atoms with Gasteiger partial charge in [-0.15, -0.1) is 0 Å². The predicted octanol–water partition coefficient (Wildman–Crippen LogP) is 2.89. The second-order valence-electron chi connectivity index (χ2n) is 6.07. The first-order chi connectivity index (χ1) is 12.3. The van der Waals surface area contributed by atoms with Gasteiger partial charge < -0.3 is 0 Å². The molecule has 0 unspecified atom stereocenters. The monoisotopic (exact) mass is 375 g/mol. The summed E-state index contributed by atoms with van der Waals surface area (Å²) in [5, 5.41) is 5.59. The first-order valence-corrected chi connectivity index (χ1v) is 9.84. The highest BCUT2D eigenvalue weighted by atomic mass is 32.2. The summed E-state index contributed by atoms with van der Waals surface area (Å²) in [6.45, 7) is 1.36. The van der Waals surface area contributed by atoms with Crippen molar-refractivity contribution >= 4 is 27.3 Å². The summed E-state index contributed by atoms with van der Waals surface area (Å²) < 4.78 is 39.9. The molecule has 0 aromatic heterocycles. The molecule has 0 radical (unpaired) electrons. The molecule has 2 aromatic carbocycles. The number of amides is 1. The third kappa shape index (κ3) is 3.75. The van der Waals surface area contributed by atoms with Crippen LogP contribution in [0, 0.1) is 5.82 Å². The van der Waals surface area contributed by atoms with Crippen LogP contribution in [0.15, 0.2) is 53.6 Å². The molecule has 0 fully saturated rings. The topological polar surface area (TPSA) is 78.8 Å². The zero-order chi connectivity index (χ0) is 18.9. The molecule has 1 aliphatic rings. The smallest absolute Gasteiger partial charge is 0.240 e. The summed E-state index contributed by atoms with van der Waals surface area (Å²) in [5.74, 6) is -0.732. The van der Waals surface area contributed by atoms with Crippen LogP contribution in [0.3, 0.4) is 0 Å². The lowest BCUT2D eigenvalue weighted by Crippen LogP contribution is -2.25. The molecule has 26 heavy (non-hydrogen) atoms. The molecule has 0 saturated heterocycles. The van der Waals surface area contributed by atoms with Crippen LogP contribution in [0.5, 0.6) is 0 Å². The number of anilines is 1. The highest BCUT2D eigenvalue weighted by Crippen LogP contribution is 2.35. The Balaban J connectivity index is 2.02. The quantitative estimate of drug-likeness (QED) is 0.892. The fourth-order valence-electron chi connectivity index (χ4n) is 2.97. The maximum atomic E-state index is 14.2. The van der Waals surface area contributed by atoms with Gasteiger partial charge in [0, 0.05) is 24.5 Å². The molecule has 2 aromatic rings. The molecule has 0 spiro atoms. The lowest BCUT2D eigenvalue weighted by atomic mass is 9.97. The van der Waals surface area contributed by atoms with Crippen molar-refractivity contribution in [2.45, 2.75) is 19.4 Å². The fourth-order valence-corrected chi connectivity index (χ4v) is 3.55. The molecule has 0 saturated carbocycles. The lowest BCUT2D eigenvalue weighted by Gasteiger charge is -2.20. The third-order valence-corrected chi connectivity index (χ3v) is 4.62. The molecule has 0 aliphatic carbocycles. The van der Waals surface area contributed by atoms with Crippen molar-refractivity contribution < 1.29 is 17.6 Å². The highest BCUT2D eigenvalue weighted by Gasteiger charge is 2.33. The zero-order valence-corrected chi connectivity index (χ0v) is 15.1. The largest absolute Gasteiger partial charge is 0.283 e. The van der Waals surface area contributed by atoms with Gasteiger partial charge in [-0.1, -0.05) is 36.4 Å².